The van der Waals surface area contributed by atoms with Gasteiger partial charge in [0.15, 0.2) is 12.4 Å². The van der Waals surface area contributed by atoms with E-state index in [4.69, 9.17) is 9.84 Å². The number of Topliss-reactive ketones (excluding diaryl/α,β-unsaturated/α-hetero) is 1. The number of piperidine rings is 1. The number of likely N-dealkylation sites (tertiary alicyclic amines) is 1. The summed E-state index contributed by atoms with van der Waals surface area (Å²) in [7, 11) is 1.51. The van der Waals surface area contributed by atoms with Crippen LogP contribution in [0.4, 0.5) is 0 Å². The largest absolute Gasteiger partial charge is 0.484 e. The summed E-state index contributed by atoms with van der Waals surface area (Å²) in [4.78, 5) is 49.7. The fourth-order valence-corrected chi connectivity index (χ4v) is 2.83. The summed E-state index contributed by atoms with van der Waals surface area (Å²) in [6.45, 7) is 1.88. The fourth-order valence-electron chi connectivity index (χ4n) is 2.83. The average Bonchev–Trinajstić information content (AvgIpc) is 2.66. The summed E-state index contributed by atoms with van der Waals surface area (Å²) < 4.78 is 5.41. The van der Waals surface area contributed by atoms with E-state index in [9.17, 15) is 19.2 Å². The van der Waals surface area contributed by atoms with Crippen molar-refractivity contribution in [1.29, 1.82) is 0 Å². The zero-order valence-electron chi connectivity index (χ0n) is 15.5. The minimum absolute atomic E-state index is 0.0899. The third-order valence-corrected chi connectivity index (χ3v) is 4.60. The lowest BCUT2D eigenvalue weighted by molar-refractivity contribution is -0.146. The zero-order chi connectivity index (χ0) is 20.0. The molecule has 0 unspecified atom stereocenters. The van der Waals surface area contributed by atoms with Gasteiger partial charge in [-0.15, -0.1) is 0 Å². The molecular weight excluding hydrogens is 352 g/mol. The van der Waals surface area contributed by atoms with E-state index in [1.165, 1.54) is 18.9 Å². The topological polar surface area (TPSA) is 104 Å². The van der Waals surface area contributed by atoms with Crippen molar-refractivity contribution in [2.75, 3.05) is 33.3 Å². The lowest BCUT2D eigenvalue weighted by atomic mass is 9.97. The van der Waals surface area contributed by atoms with Crippen LogP contribution in [0.1, 0.15) is 30.1 Å². The monoisotopic (exact) mass is 376 g/mol. The number of aliphatic carboxylic acids is 1. The number of rotatable bonds is 7. The van der Waals surface area contributed by atoms with Gasteiger partial charge in [0.2, 0.25) is 5.91 Å². The molecule has 2 amide bonds. The number of likely N-dealkylation sites (N-methyl/N-ethyl adjacent to an activating group) is 1. The normalized spacial score (nSPS) is 14.5. The van der Waals surface area contributed by atoms with Crippen LogP contribution in [0, 0.1) is 5.92 Å². The quantitative estimate of drug-likeness (QED) is 0.714. The van der Waals surface area contributed by atoms with Crippen LogP contribution in [0.2, 0.25) is 0 Å². The van der Waals surface area contributed by atoms with Gasteiger partial charge in [0, 0.05) is 25.7 Å². The average molecular weight is 376 g/mol. The number of nitrogens with zero attached hydrogens (tertiary/aromatic N) is 2. The third-order valence-electron chi connectivity index (χ3n) is 4.60. The van der Waals surface area contributed by atoms with E-state index in [1.54, 1.807) is 29.2 Å². The summed E-state index contributed by atoms with van der Waals surface area (Å²) in [6.07, 6.45) is 0.850. The van der Waals surface area contributed by atoms with Crippen LogP contribution < -0.4 is 4.74 Å². The zero-order valence-corrected chi connectivity index (χ0v) is 15.5. The molecule has 1 aromatic carbocycles. The Balaban J connectivity index is 1.80. The van der Waals surface area contributed by atoms with Gasteiger partial charge in [-0.3, -0.25) is 19.2 Å². The molecule has 8 heteroatoms. The van der Waals surface area contributed by atoms with Gasteiger partial charge in [-0.25, -0.2) is 0 Å². The molecule has 0 aliphatic carbocycles. The van der Waals surface area contributed by atoms with Gasteiger partial charge in [0.25, 0.3) is 5.91 Å². The van der Waals surface area contributed by atoms with Crippen molar-refractivity contribution in [2.24, 2.45) is 5.92 Å². The van der Waals surface area contributed by atoms with E-state index in [-0.39, 0.29) is 30.7 Å². The Bertz CT molecular complexity index is 725. The maximum Gasteiger partial charge on any atom is 0.306 e. The first-order valence-corrected chi connectivity index (χ1v) is 8.76. The molecule has 0 saturated carbocycles. The second kappa shape index (κ2) is 9.16. The predicted octanol–water partition coefficient (Wildman–Crippen LogP) is 1.05. The van der Waals surface area contributed by atoms with Gasteiger partial charge in [-0.2, -0.15) is 0 Å². The van der Waals surface area contributed by atoms with E-state index in [0.29, 0.717) is 37.2 Å². The van der Waals surface area contributed by atoms with Crippen LogP contribution in [0.15, 0.2) is 24.3 Å². The minimum Gasteiger partial charge on any atom is -0.484 e. The number of ketones is 1. The molecule has 1 heterocycles. The molecule has 0 bridgehead atoms. The number of carboxylic acid groups (broad SMARTS) is 1. The second-order valence-electron chi connectivity index (χ2n) is 6.62. The molecule has 0 atom stereocenters. The van der Waals surface area contributed by atoms with Crippen LogP contribution in [0.25, 0.3) is 0 Å². The maximum absolute atomic E-state index is 12.3. The van der Waals surface area contributed by atoms with Gasteiger partial charge in [0.05, 0.1) is 12.5 Å². The lowest BCUT2D eigenvalue weighted by Crippen LogP contribution is -2.46. The Hall–Kier alpha value is -2.90. The number of carbonyl (C=O) groups is 4. The van der Waals surface area contributed by atoms with Crippen molar-refractivity contribution in [3.63, 3.8) is 0 Å². The van der Waals surface area contributed by atoms with Crippen LogP contribution >= 0.6 is 0 Å². The Morgan fingerprint density at radius 3 is 2.48 bits per heavy atom. The van der Waals surface area contributed by atoms with Crippen LogP contribution in [0.5, 0.6) is 5.75 Å². The van der Waals surface area contributed by atoms with Crippen LogP contribution in [0.3, 0.4) is 0 Å². The molecule has 1 aromatic rings. The highest BCUT2D eigenvalue weighted by atomic mass is 16.5. The number of benzene rings is 1. The molecule has 8 nitrogen and oxygen atoms in total. The van der Waals surface area contributed by atoms with Gasteiger partial charge in [-0.1, -0.05) is 12.1 Å². The summed E-state index contributed by atoms with van der Waals surface area (Å²) in [5, 5.41) is 8.99. The minimum atomic E-state index is -0.833. The molecule has 1 aliphatic heterocycles. The highest BCUT2D eigenvalue weighted by Gasteiger charge is 2.27. The van der Waals surface area contributed by atoms with Crippen LogP contribution in [-0.4, -0.2) is 71.8 Å². The first-order valence-electron chi connectivity index (χ1n) is 8.76. The Labute approximate surface area is 157 Å². The van der Waals surface area contributed by atoms with E-state index in [0.717, 1.165) is 0 Å². The predicted molar refractivity (Wildman–Crippen MR) is 96.5 cm³/mol. The number of ether oxygens (including phenoxy) is 1. The third kappa shape index (κ3) is 5.80. The summed E-state index contributed by atoms with van der Waals surface area (Å²) in [6, 6.07) is 6.55. The maximum atomic E-state index is 12.3. The highest BCUT2D eigenvalue weighted by molar-refractivity contribution is 5.94. The van der Waals surface area contributed by atoms with Gasteiger partial charge < -0.3 is 19.6 Å². The van der Waals surface area contributed by atoms with Crippen molar-refractivity contribution in [1.82, 2.24) is 9.80 Å². The molecule has 0 spiro atoms. The molecule has 146 valence electrons. The van der Waals surface area contributed by atoms with Crippen molar-refractivity contribution in [3.8, 4) is 5.75 Å². The van der Waals surface area contributed by atoms with Gasteiger partial charge >= 0.3 is 5.97 Å². The molecular formula is C19H24N2O6. The number of amides is 2. The molecule has 1 saturated heterocycles. The fraction of sp³-hybridized carbons (Fsp3) is 0.474. The number of hydrogen-bond acceptors (Lipinski definition) is 5. The SMILES string of the molecule is CC(=O)c1cccc(OCC(=O)N(C)CC(=O)N2CCC(C(=O)O)CC2)c1. The van der Waals surface area contributed by atoms with Gasteiger partial charge in [0.1, 0.15) is 5.75 Å². The molecule has 2 rings (SSSR count). The van der Waals surface area contributed by atoms with E-state index < -0.39 is 11.9 Å². The lowest BCUT2D eigenvalue weighted by Gasteiger charge is -2.31. The van der Waals surface area contributed by atoms with Crippen molar-refractivity contribution >= 4 is 23.6 Å². The number of hydrogen-bond donors (Lipinski definition) is 1. The Morgan fingerprint density at radius 1 is 1.22 bits per heavy atom. The van der Waals surface area contributed by atoms with Gasteiger partial charge in [-0.05, 0) is 31.9 Å². The molecule has 1 aliphatic rings. The standard InChI is InChI=1S/C19H24N2O6/c1-13(22)15-4-3-5-16(10-15)27-12-18(24)20(2)11-17(23)21-8-6-14(7-9-21)19(25)26/h3-5,10,14H,6-9,11-12H2,1-2H3,(H,25,26). The van der Waals surface area contributed by atoms with Crippen molar-refractivity contribution < 1.29 is 29.0 Å². The van der Waals surface area contributed by atoms with E-state index in [1.807, 2.05) is 0 Å². The second-order valence-corrected chi connectivity index (χ2v) is 6.62. The molecule has 27 heavy (non-hydrogen) atoms. The van der Waals surface area contributed by atoms with E-state index in [2.05, 4.69) is 0 Å². The smallest absolute Gasteiger partial charge is 0.306 e. The summed E-state index contributed by atoms with van der Waals surface area (Å²) >= 11 is 0. The summed E-state index contributed by atoms with van der Waals surface area (Å²) in [5.41, 5.74) is 0.494. The number of carbonyl (C=O) groups excluding carboxylic acids is 3. The van der Waals surface area contributed by atoms with Crippen LogP contribution in [-0.2, 0) is 14.4 Å². The molecule has 0 radical (unpaired) electrons. The Kier molecular flexibility index (Phi) is 6.92. The molecule has 1 fully saturated rings. The number of carboxylic acids is 1. The first kappa shape index (κ1) is 20.4. The van der Waals surface area contributed by atoms with E-state index >= 15 is 0 Å². The molecule has 0 aromatic heterocycles. The molecule has 1 N–H and O–H groups in total. The Morgan fingerprint density at radius 2 is 1.89 bits per heavy atom. The summed E-state index contributed by atoms with van der Waals surface area (Å²) in [5.74, 6) is -1.51. The van der Waals surface area contributed by atoms with Crippen molar-refractivity contribution in [3.05, 3.63) is 29.8 Å². The highest BCUT2D eigenvalue weighted by Crippen LogP contribution is 2.17. The first-order chi connectivity index (χ1) is 12.8. The van der Waals surface area contributed by atoms with Crippen molar-refractivity contribution in [2.45, 2.75) is 19.8 Å².